The van der Waals surface area contributed by atoms with Crippen molar-refractivity contribution >= 4 is 95.0 Å². The second kappa shape index (κ2) is 13.2. The first-order valence-electron chi connectivity index (χ1n) is 19.9. The third-order valence-electron chi connectivity index (χ3n) is 11.9. The van der Waals surface area contributed by atoms with Crippen LogP contribution in [0.15, 0.2) is 206 Å². The molecule has 12 rings (SSSR count). The summed E-state index contributed by atoms with van der Waals surface area (Å²) in [5.74, 6) is 0. The van der Waals surface area contributed by atoms with Gasteiger partial charge in [-0.05, 0) is 81.4 Å². The van der Waals surface area contributed by atoms with E-state index >= 15 is 0 Å². The summed E-state index contributed by atoms with van der Waals surface area (Å²) in [6.45, 7) is 0. The maximum atomic E-state index is 5.19. The Labute approximate surface area is 340 Å². The normalized spacial score (nSPS) is 12.1. The average Bonchev–Trinajstić information content (AvgIpc) is 3.80. The number of nitrogens with zero attached hydrogens (tertiary/aromatic N) is 6. The Morgan fingerprint density at radius 2 is 0.610 bits per heavy atom. The fraction of sp³-hybridized carbons (Fsp3) is 0. The molecule has 12 aromatic rings. The van der Waals surface area contributed by atoms with Gasteiger partial charge in [-0.25, -0.2) is 19.9 Å². The Hall–Kier alpha value is -7.74. The van der Waals surface area contributed by atoms with Crippen LogP contribution in [0.5, 0.6) is 0 Å². The molecule has 6 nitrogen and oxygen atoms in total. The van der Waals surface area contributed by atoms with E-state index in [1.165, 1.54) is 20.7 Å². The first kappa shape index (κ1) is 33.4. The molecular formula is C52H34N6Si. The fourth-order valence-electron chi connectivity index (χ4n) is 9.24. The molecule has 0 amide bonds. The lowest BCUT2D eigenvalue weighted by Crippen LogP contribution is -2.74. The van der Waals surface area contributed by atoms with E-state index in [-0.39, 0.29) is 0 Å². The van der Waals surface area contributed by atoms with Gasteiger partial charge in [-0.1, -0.05) is 146 Å². The number of aromatic nitrogens is 6. The molecule has 0 radical (unpaired) electrons. The number of fused-ring (bicyclic) bond motifs is 8. The summed E-state index contributed by atoms with van der Waals surface area (Å²) in [6, 6.07) is 73.8. The van der Waals surface area contributed by atoms with Gasteiger partial charge in [-0.3, -0.25) is 9.13 Å². The molecule has 0 aliphatic rings. The van der Waals surface area contributed by atoms with Gasteiger partial charge in [-0.15, -0.1) is 0 Å². The van der Waals surface area contributed by atoms with Crippen molar-refractivity contribution in [2.45, 2.75) is 0 Å². The monoisotopic (exact) mass is 770 g/mol. The molecule has 0 spiro atoms. The van der Waals surface area contributed by atoms with Gasteiger partial charge in [0.25, 0.3) is 0 Å². The highest BCUT2D eigenvalue weighted by atomic mass is 28.3. The Bertz CT molecular complexity index is 3300. The first-order chi connectivity index (χ1) is 29.3. The maximum Gasteiger partial charge on any atom is 0.179 e. The Morgan fingerprint density at radius 3 is 1.02 bits per heavy atom. The zero-order valence-corrected chi connectivity index (χ0v) is 32.8. The fourth-order valence-corrected chi connectivity index (χ4v) is 14.0. The zero-order valence-electron chi connectivity index (χ0n) is 31.8. The molecule has 0 saturated carbocycles. The number of para-hydroxylation sites is 6. The highest BCUT2D eigenvalue weighted by Crippen LogP contribution is 2.33. The van der Waals surface area contributed by atoms with E-state index in [9.17, 15) is 0 Å². The SMILES string of the molecule is c1ccc([Si](c2ccccc2)(c2ccc(-n3c4ccccc4c4nc5ccccc5nc43)cc2)c2ccc(-n3c4ccccc4c4nc5ccccc5nc43)cc2)cc1. The topological polar surface area (TPSA) is 61.4 Å². The maximum absolute atomic E-state index is 5.19. The second-order valence-corrected chi connectivity index (χ2v) is 18.9. The van der Waals surface area contributed by atoms with Crippen molar-refractivity contribution in [1.82, 2.24) is 29.1 Å². The van der Waals surface area contributed by atoms with Crippen LogP contribution in [0.2, 0.25) is 0 Å². The lowest BCUT2D eigenvalue weighted by Gasteiger charge is -2.34. The van der Waals surface area contributed by atoms with Crippen LogP contribution in [-0.2, 0) is 0 Å². The molecule has 0 N–H and O–H groups in total. The summed E-state index contributed by atoms with van der Waals surface area (Å²) in [5.41, 5.74) is 11.3. The van der Waals surface area contributed by atoms with Crippen LogP contribution in [0, 0.1) is 0 Å². The van der Waals surface area contributed by atoms with Crippen LogP contribution in [0.1, 0.15) is 0 Å². The van der Waals surface area contributed by atoms with E-state index in [2.05, 4.69) is 167 Å². The van der Waals surface area contributed by atoms with Gasteiger partial charge in [0, 0.05) is 22.1 Å². The molecular weight excluding hydrogens is 737 g/mol. The van der Waals surface area contributed by atoms with E-state index in [1.807, 2.05) is 48.5 Å². The van der Waals surface area contributed by atoms with Gasteiger partial charge in [0.15, 0.2) is 19.4 Å². The number of hydrogen-bond donors (Lipinski definition) is 0. The smallest absolute Gasteiger partial charge is 0.179 e. The molecule has 0 fully saturated rings. The van der Waals surface area contributed by atoms with Crippen molar-refractivity contribution in [3.05, 3.63) is 206 Å². The summed E-state index contributed by atoms with van der Waals surface area (Å²) < 4.78 is 4.52. The summed E-state index contributed by atoms with van der Waals surface area (Å²) in [6.07, 6.45) is 0. The molecule has 8 aromatic carbocycles. The quantitative estimate of drug-likeness (QED) is 0.125. The van der Waals surface area contributed by atoms with Gasteiger partial charge < -0.3 is 0 Å². The average molecular weight is 771 g/mol. The van der Waals surface area contributed by atoms with Crippen molar-refractivity contribution in [3.63, 3.8) is 0 Å². The Morgan fingerprint density at radius 1 is 0.288 bits per heavy atom. The molecule has 4 aromatic heterocycles. The Kier molecular flexibility index (Phi) is 7.45. The summed E-state index contributed by atoms with van der Waals surface area (Å²) >= 11 is 0. The van der Waals surface area contributed by atoms with Gasteiger partial charge in [0.2, 0.25) is 0 Å². The second-order valence-electron chi connectivity index (χ2n) is 15.0. The van der Waals surface area contributed by atoms with Crippen molar-refractivity contribution in [2.75, 3.05) is 0 Å². The minimum Gasteiger partial charge on any atom is -0.293 e. The van der Waals surface area contributed by atoms with E-state index in [1.54, 1.807) is 0 Å². The third kappa shape index (κ3) is 5.05. The highest BCUT2D eigenvalue weighted by Gasteiger charge is 2.41. The van der Waals surface area contributed by atoms with Crippen LogP contribution in [0.25, 0.3) is 77.6 Å². The molecule has 0 atom stereocenters. The number of benzene rings is 8. The van der Waals surface area contributed by atoms with Gasteiger partial charge in [-0.2, -0.15) is 0 Å². The molecule has 0 unspecified atom stereocenters. The minimum atomic E-state index is -2.88. The number of hydrogen-bond acceptors (Lipinski definition) is 4. The van der Waals surface area contributed by atoms with Crippen LogP contribution in [0.4, 0.5) is 0 Å². The summed E-state index contributed by atoms with van der Waals surface area (Å²) in [5, 5.41) is 7.38. The van der Waals surface area contributed by atoms with Crippen LogP contribution in [-0.4, -0.2) is 37.1 Å². The van der Waals surface area contributed by atoms with Crippen molar-refractivity contribution < 1.29 is 0 Å². The predicted octanol–water partition coefficient (Wildman–Crippen LogP) is 9.14. The number of rotatable bonds is 6. The van der Waals surface area contributed by atoms with E-state index in [0.29, 0.717) is 0 Å². The molecule has 0 saturated heterocycles. The van der Waals surface area contributed by atoms with Gasteiger partial charge in [0.1, 0.15) is 11.0 Å². The largest absolute Gasteiger partial charge is 0.293 e. The van der Waals surface area contributed by atoms with Crippen LogP contribution in [0.3, 0.4) is 0 Å². The summed E-state index contributed by atoms with van der Waals surface area (Å²) in [4.78, 5) is 20.6. The summed E-state index contributed by atoms with van der Waals surface area (Å²) in [7, 11) is -2.88. The molecule has 4 heterocycles. The van der Waals surface area contributed by atoms with Gasteiger partial charge in [0.05, 0.1) is 33.1 Å². The van der Waals surface area contributed by atoms with Gasteiger partial charge >= 0.3 is 0 Å². The van der Waals surface area contributed by atoms with Crippen molar-refractivity contribution in [3.8, 4) is 11.4 Å². The third-order valence-corrected chi connectivity index (χ3v) is 16.7. The molecule has 0 aliphatic heterocycles. The first-order valence-corrected chi connectivity index (χ1v) is 21.9. The van der Waals surface area contributed by atoms with Crippen LogP contribution >= 0.6 is 0 Å². The van der Waals surface area contributed by atoms with E-state index in [4.69, 9.17) is 19.9 Å². The molecule has 276 valence electrons. The lowest BCUT2D eigenvalue weighted by atomic mass is 10.2. The molecule has 0 aliphatic carbocycles. The molecule has 7 heteroatoms. The van der Waals surface area contributed by atoms with E-state index < -0.39 is 8.07 Å². The van der Waals surface area contributed by atoms with Crippen LogP contribution < -0.4 is 20.7 Å². The van der Waals surface area contributed by atoms with E-state index in [0.717, 1.165) is 77.6 Å². The van der Waals surface area contributed by atoms with Crippen molar-refractivity contribution in [1.29, 1.82) is 0 Å². The standard InChI is InChI=1S/C52H34N6Si/c1-3-15-37(16-4-1)59(38-17-5-2-6-18-38,39-31-27-35(28-32-39)57-47-25-13-7-19-41(47)49-51(57)55-45-23-11-9-21-43(45)53-49)40-33-29-36(30-34-40)58-48-26-14-8-20-42(48)50-52(58)56-46-24-12-10-22-44(46)54-50/h1-34H. The molecule has 59 heavy (non-hydrogen) atoms. The molecule has 0 bridgehead atoms. The minimum absolute atomic E-state index is 0.852. The highest BCUT2D eigenvalue weighted by molar-refractivity contribution is 7.19. The Balaban J connectivity index is 1.06. The zero-order chi connectivity index (χ0) is 38.9. The lowest BCUT2D eigenvalue weighted by molar-refractivity contribution is 1.14. The van der Waals surface area contributed by atoms with Crippen molar-refractivity contribution in [2.24, 2.45) is 0 Å². The predicted molar refractivity (Wildman–Crippen MR) is 245 cm³/mol.